The average molecular weight is 525 g/mol. The van der Waals surface area contributed by atoms with Crippen LogP contribution in [0.5, 0.6) is 0 Å². The van der Waals surface area contributed by atoms with Crippen LogP contribution in [0.1, 0.15) is 26.7 Å². The van der Waals surface area contributed by atoms with Gasteiger partial charge in [0.2, 0.25) is 5.91 Å². The second kappa shape index (κ2) is 11.3. The minimum Gasteiger partial charge on any atom is -0.325 e. The number of thioether (sulfide) groups is 1. The number of amides is 2. The molecule has 0 aliphatic carbocycles. The molecule has 0 bridgehead atoms. The Morgan fingerprint density at radius 1 is 0.730 bits per heavy atom. The van der Waals surface area contributed by atoms with Crippen molar-refractivity contribution in [2.45, 2.75) is 16.3 Å². The highest BCUT2D eigenvalue weighted by Crippen LogP contribution is 2.37. The lowest BCUT2D eigenvalue weighted by atomic mass is 10.1. The molecule has 0 aliphatic heterocycles. The van der Waals surface area contributed by atoms with Gasteiger partial charge in [-0.25, -0.2) is 4.39 Å². The van der Waals surface area contributed by atoms with Crippen LogP contribution < -0.4 is 10.6 Å². The lowest BCUT2D eigenvalue weighted by Gasteiger charge is -2.18. The first kappa shape index (κ1) is 26.0. The lowest BCUT2D eigenvalue weighted by Crippen LogP contribution is -2.19. The van der Waals surface area contributed by atoms with Crippen LogP contribution in [0.15, 0.2) is 108 Å². The second-order valence-corrected chi connectivity index (χ2v) is 9.14. The number of halogens is 4. The molecule has 4 rings (SSSR count). The van der Waals surface area contributed by atoms with Gasteiger partial charge in [-0.15, -0.1) is 11.8 Å². The molecule has 2 amide bonds. The molecule has 4 nitrogen and oxygen atoms in total. The van der Waals surface area contributed by atoms with Gasteiger partial charge in [-0.1, -0.05) is 36.4 Å². The normalized spacial score (nSPS) is 12.0. The molecule has 0 fully saturated rings. The van der Waals surface area contributed by atoms with Crippen LogP contribution in [0.3, 0.4) is 0 Å². The highest BCUT2D eigenvalue weighted by atomic mass is 32.2. The molecule has 0 radical (unpaired) electrons. The van der Waals surface area contributed by atoms with Gasteiger partial charge in [0.15, 0.2) is 0 Å². The average Bonchev–Trinajstić information content (AvgIpc) is 2.88. The van der Waals surface area contributed by atoms with Gasteiger partial charge >= 0.3 is 6.18 Å². The standard InChI is InChI=1S/C28H20F4N2O2S/c29-21-11-9-19(10-12-21)26(35)33-22-13-15-24(16-14-22)37-25(18-5-2-1-3-6-18)27(36)34-23-8-4-7-20(17-23)28(30,31)32/h1-17,25H,(H,33,35)(H,34,36). The molecule has 1 atom stereocenters. The molecule has 4 aromatic rings. The first-order valence-electron chi connectivity index (χ1n) is 11.1. The summed E-state index contributed by atoms with van der Waals surface area (Å²) in [6, 6.07) is 25.3. The Balaban J connectivity index is 1.49. The molecule has 0 heterocycles. The van der Waals surface area contributed by atoms with Gasteiger partial charge < -0.3 is 10.6 Å². The summed E-state index contributed by atoms with van der Waals surface area (Å²) in [6.45, 7) is 0. The van der Waals surface area contributed by atoms with Crippen molar-refractivity contribution in [3.63, 3.8) is 0 Å². The van der Waals surface area contributed by atoms with E-state index in [1.54, 1.807) is 54.6 Å². The maximum Gasteiger partial charge on any atom is 0.416 e. The number of anilines is 2. The van der Waals surface area contributed by atoms with Crippen LogP contribution in [0.2, 0.25) is 0 Å². The third-order valence-corrected chi connectivity index (χ3v) is 6.54. The zero-order chi connectivity index (χ0) is 26.4. The van der Waals surface area contributed by atoms with Gasteiger partial charge in [-0.05, 0) is 72.3 Å². The molecule has 1 unspecified atom stereocenters. The summed E-state index contributed by atoms with van der Waals surface area (Å²) in [4.78, 5) is 26.2. The van der Waals surface area contributed by atoms with E-state index in [-0.39, 0.29) is 5.69 Å². The maximum atomic E-state index is 13.2. The van der Waals surface area contributed by atoms with Crippen LogP contribution in [0.4, 0.5) is 28.9 Å². The zero-order valence-electron chi connectivity index (χ0n) is 19.1. The number of benzene rings is 4. The predicted octanol–water partition coefficient (Wildman–Crippen LogP) is 7.57. The third-order valence-electron chi connectivity index (χ3n) is 5.27. The van der Waals surface area contributed by atoms with Crippen LogP contribution in [-0.2, 0) is 11.0 Å². The number of carbonyl (C=O) groups is 2. The highest BCUT2D eigenvalue weighted by Gasteiger charge is 2.31. The van der Waals surface area contributed by atoms with Crippen LogP contribution >= 0.6 is 11.8 Å². The van der Waals surface area contributed by atoms with Gasteiger partial charge in [-0.3, -0.25) is 9.59 Å². The van der Waals surface area contributed by atoms with Gasteiger partial charge in [0, 0.05) is 21.8 Å². The quantitative estimate of drug-likeness (QED) is 0.194. The topological polar surface area (TPSA) is 58.2 Å². The van der Waals surface area contributed by atoms with Crippen molar-refractivity contribution in [2.75, 3.05) is 10.6 Å². The Kier molecular flexibility index (Phi) is 7.93. The predicted molar refractivity (Wildman–Crippen MR) is 136 cm³/mol. The molecule has 0 saturated heterocycles. The van der Waals surface area contributed by atoms with E-state index in [0.29, 0.717) is 21.7 Å². The molecule has 4 aromatic carbocycles. The third kappa shape index (κ3) is 6.98. The minimum atomic E-state index is -4.53. The fraction of sp³-hybridized carbons (Fsp3) is 0.0714. The fourth-order valence-corrected chi connectivity index (χ4v) is 4.46. The minimum absolute atomic E-state index is 0.0419. The van der Waals surface area contributed by atoms with E-state index in [4.69, 9.17) is 0 Å². The van der Waals surface area contributed by atoms with E-state index >= 15 is 0 Å². The number of alkyl halides is 3. The van der Waals surface area contributed by atoms with Crippen molar-refractivity contribution >= 4 is 35.0 Å². The van der Waals surface area contributed by atoms with E-state index in [2.05, 4.69) is 10.6 Å². The summed E-state index contributed by atoms with van der Waals surface area (Å²) in [5.41, 5.74) is 0.664. The van der Waals surface area contributed by atoms with Crippen molar-refractivity contribution in [2.24, 2.45) is 0 Å². The van der Waals surface area contributed by atoms with Crippen molar-refractivity contribution in [1.82, 2.24) is 0 Å². The SMILES string of the molecule is O=C(Nc1ccc(SC(C(=O)Nc2cccc(C(F)(F)F)c2)c2ccccc2)cc1)c1ccc(F)cc1. The zero-order valence-corrected chi connectivity index (χ0v) is 19.9. The van der Waals surface area contributed by atoms with Crippen LogP contribution in [0, 0.1) is 5.82 Å². The fourth-order valence-electron chi connectivity index (χ4n) is 3.44. The smallest absolute Gasteiger partial charge is 0.325 e. The van der Waals surface area contributed by atoms with Crippen molar-refractivity contribution < 1.29 is 27.2 Å². The van der Waals surface area contributed by atoms with Gasteiger partial charge in [0.25, 0.3) is 5.91 Å². The Morgan fingerprint density at radius 2 is 1.41 bits per heavy atom. The van der Waals surface area contributed by atoms with E-state index in [1.165, 1.54) is 48.2 Å². The van der Waals surface area contributed by atoms with Crippen molar-refractivity contribution in [3.05, 3.63) is 126 Å². The van der Waals surface area contributed by atoms with Crippen molar-refractivity contribution in [3.8, 4) is 0 Å². The molecule has 0 spiro atoms. The summed E-state index contributed by atoms with van der Waals surface area (Å²) in [5, 5.41) is 4.56. The Morgan fingerprint density at radius 3 is 2.05 bits per heavy atom. The number of rotatable bonds is 7. The number of hydrogen-bond donors (Lipinski definition) is 2. The number of nitrogens with one attached hydrogen (secondary N) is 2. The molecule has 2 N–H and O–H groups in total. The summed E-state index contributed by atoms with van der Waals surface area (Å²) in [7, 11) is 0. The number of hydrogen-bond acceptors (Lipinski definition) is 3. The van der Waals surface area contributed by atoms with Gasteiger partial charge in [0.05, 0.1) is 5.56 Å². The van der Waals surface area contributed by atoms with Crippen molar-refractivity contribution in [1.29, 1.82) is 0 Å². The largest absolute Gasteiger partial charge is 0.416 e. The first-order chi connectivity index (χ1) is 17.7. The Bertz CT molecular complexity index is 1380. The second-order valence-electron chi connectivity index (χ2n) is 7.96. The van der Waals surface area contributed by atoms with Gasteiger partial charge in [0.1, 0.15) is 11.1 Å². The molecule has 37 heavy (non-hydrogen) atoms. The number of carbonyl (C=O) groups excluding carboxylic acids is 2. The lowest BCUT2D eigenvalue weighted by molar-refractivity contribution is -0.137. The highest BCUT2D eigenvalue weighted by molar-refractivity contribution is 8.00. The van der Waals surface area contributed by atoms with E-state index in [9.17, 15) is 27.2 Å². The molecule has 9 heteroatoms. The molecule has 188 valence electrons. The van der Waals surface area contributed by atoms with Crippen LogP contribution in [-0.4, -0.2) is 11.8 Å². The summed E-state index contributed by atoms with van der Waals surface area (Å²) < 4.78 is 52.3. The van der Waals surface area contributed by atoms with Gasteiger partial charge in [-0.2, -0.15) is 13.2 Å². The molecular formula is C28H20F4N2O2S. The molecule has 0 aromatic heterocycles. The van der Waals surface area contributed by atoms with E-state index in [0.717, 1.165) is 12.1 Å². The van der Waals surface area contributed by atoms with Crippen LogP contribution in [0.25, 0.3) is 0 Å². The Labute approximate surface area is 214 Å². The molecule has 0 aliphatic rings. The van der Waals surface area contributed by atoms with E-state index in [1.807, 2.05) is 0 Å². The summed E-state index contributed by atoms with van der Waals surface area (Å²) in [6.07, 6.45) is -4.53. The molecular weight excluding hydrogens is 504 g/mol. The maximum absolute atomic E-state index is 13.2. The monoisotopic (exact) mass is 524 g/mol. The van der Waals surface area contributed by atoms with E-state index < -0.39 is 34.6 Å². The molecule has 0 saturated carbocycles. The Hall–Kier alpha value is -4.11. The summed E-state index contributed by atoms with van der Waals surface area (Å²) >= 11 is 1.22. The summed E-state index contributed by atoms with van der Waals surface area (Å²) in [5.74, 6) is -1.32. The first-order valence-corrected chi connectivity index (χ1v) is 11.9.